The van der Waals surface area contributed by atoms with Crippen LogP contribution in [0.25, 0.3) is 0 Å². The van der Waals surface area contributed by atoms with Crippen LogP contribution in [-0.2, 0) is 14.4 Å². The molecule has 1 aromatic heterocycles. The van der Waals surface area contributed by atoms with E-state index in [1.165, 1.54) is 16.2 Å². The Hall–Kier alpha value is -2.59. The van der Waals surface area contributed by atoms with E-state index in [1.54, 1.807) is 23.9 Å². The first-order chi connectivity index (χ1) is 16.9. The third kappa shape index (κ3) is 3.48. The number of likely N-dealkylation sites (tertiary alicyclic amines) is 1. The highest BCUT2D eigenvalue weighted by Gasteiger charge is 2.69. The lowest BCUT2D eigenvalue weighted by Gasteiger charge is -2.43. The third-order valence-corrected chi connectivity index (χ3v) is 10.9. The number of hydrogen-bond acceptors (Lipinski definition) is 7. The number of benzene rings is 1. The van der Waals surface area contributed by atoms with Gasteiger partial charge in [0.25, 0.3) is 0 Å². The van der Waals surface area contributed by atoms with Gasteiger partial charge in [-0.1, -0.05) is 36.0 Å². The standard InChI is InChI=1S/C25H26N2O6S2/c28-14-7-4-3-6-11(14)16-17-12-10-13(20(17)34-22-21(16)35-25(33)26-22)19-18(12)23(31)27(24(19)32)9-5-1-2-8-15(29)30/h3-4,6-7,12-13,16-20,28H,1-2,5,8-10H2,(H,26,33)(H,29,30). The molecule has 2 saturated carbocycles. The number of rotatable bonds is 7. The Balaban J connectivity index is 1.30. The van der Waals surface area contributed by atoms with Crippen LogP contribution in [0.1, 0.15) is 48.5 Å². The minimum absolute atomic E-state index is 0.0194. The molecule has 3 fully saturated rings. The van der Waals surface area contributed by atoms with E-state index in [0.717, 1.165) is 21.9 Å². The number of thiazole rings is 1. The maximum Gasteiger partial charge on any atom is 0.305 e. The SMILES string of the molecule is O=C(O)CCCCCN1C(=O)C2C3CC(C2C1=O)C1C(c2ccccc2O)c2sc(=O)[nH]c2SC31. The van der Waals surface area contributed by atoms with Crippen molar-refractivity contribution >= 4 is 40.9 Å². The fraction of sp³-hybridized carbons (Fsp3) is 0.520. The first-order valence-electron chi connectivity index (χ1n) is 12.1. The number of carboxylic acid groups (broad SMARTS) is 1. The minimum atomic E-state index is -0.835. The Morgan fingerprint density at radius 3 is 2.54 bits per heavy atom. The van der Waals surface area contributed by atoms with Gasteiger partial charge in [0, 0.05) is 34.6 Å². The van der Waals surface area contributed by atoms with Crippen molar-refractivity contribution in [1.29, 1.82) is 0 Å². The summed E-state index contributed by atoms with van der Waals surface area (Å²) >= 11 is 2.81. The van der Waals surface area contributed by atoms with E-state index in [2.05, 4.69) is 4.98 Å². The molecule has 2 bridgehead atoms. The van der Waals surface area contributed by atoms with Crippen molar-refractivity contribution < 1.29 is 24.6 Å². The van der Waals surface area contributed by atoms with Crippen molar-refractivity contribution in [2.75, 3.05) is 6.54 Å². The molecule has 8 nitrogen and oxygen atoms in total. The smallest absolute Gasteiger partial charge is 0.305 e. The number of aromatic hydroxyl groups is 1. The number of nitrogens with zero attached hydrogens (tertiary/aromatic N) is 1. The zero-order chi connectivity index (χ0) is 24.4. The summed E-state index contributed by atoms with van der Waals surface area (Å²) < 4.78 is 0. The molecule has 10 heteroatoms. The van der Waals surface area contributed by atoms with Gasteiger partial charge in [-0.15, -0.1) is 11.8 Å². The second kappa shape index (κ2) is 8.51. The number of aromatic nitrogens is 1. The highest BCUT2D eigenvalue weighted by Crippen LogP contribution is 2.68. The molecule has 0 spiro atoms. The number of aromatic amines is 1. The predicted molar refractivity (Wildman–Crippen MR) is 129 cm³/mol. The summed E-state index contributed by atoms with van der Waals surface area (Å²) in [7, 11) is 0. The molecule has 3 N–H and O–H groups in total. The molecular weight excluding hydrogens is 488 g/mol. The third-order valence-electron chi connectivity index (χ3n) is 8.36. The van der Waals surface area contributed by atoms with Crippen LogP contribution in [0.15, 0.2) is 34.1 Å². The maximum atomic E-state index is 13.5. The monoisotopic (exact) mass is 514 g/mol. The Morgan fingerprint density at radius 1 is 1.06 bits per heavy atom. The topological polar surface area (TPSA) is 128 Å². The molecule has 1 aromatic carbocycles. The van der Waals surface area contributed by atoms with Crippen molar-refractivity contribution in [1.82, 2.24) is 9.88 Å². The molecule has 2 amide bonds. The number of hydrogen-bond donors (Lipinski definition) is 3. The Bertz CT molecular complexity index is 1270. The number of thioether (sulfide) groups is 1. The normalized spacial score (nSPS) is 32.6. The lowest BCUT2D eigenvalue weighted by Crippen LogP contribution is -2.42. The zero-order valence-corrected chi connectivity index (χ0v) is 20.5. The summed E-state index contributed by atoms with van der Waals surface area (Å²) in [6.07, 6.45) is 2.71. The molecular formula is C25H26N2O6S2. The number of carbonyl (C=O) groups is 3. The molecule has 35 heavy (non-hydrogen) atoms. The first-order valence-corrected chi connectivity index (χ1v) is 13.8. The van der Waals surface area contributed by atoms with E-state index in [0.29, 0.717) is 25.8 Å². The Labute approximate surface area is 209 Å². The number of carboxylic acids is 1. The molecule has 7 unspecified atom stereocenters. The summed E-state index contributed by atoms with van der Waals surface area (Å²) in [4.78, 5) is 55.1. The van der Waals surface area contributed by atoms with Crippen molar-refractivity contribution in [2.45, 2.75) is 48.3 Å². The van der Waals surface area contributed by atoms with Crippen molar-refractivity contribution in [3.63, 3.8) is 0 Å². The van der Waals surface area contributed by atoms with Crippen LogP contribution in [0.2, 0.25) is 0 Å². The van der Waals surface area contributed by atoms with Crippen LogP contribution in [0.5, 0.6) is 5.75 Å². The summed E-state index contributed by atoms with van der Waals surface area (Å²) in [6, 6.07) is 7.22. The molecule has 1 saturated heterocycles. The molecule has 4 aliphatic rings. The van der Waals surface area contributed by atoms with Crippen LogP contribution in [0.4, 0.5) is 0 Å². The van der Waals surface area contributed by atoms with Crippen molar-refractivity contribution in [2.24, 2.45) is 29.6 Å². The van der Waals surface area contributed by atoms with E-state index in [9.17, 15) is 24.3 Å². The summed E-state index contributed by atoms with van der Waals surface area (Å²) in [5.41, 5.74) is 0.774. The van der Waals surface area contributed by atoms with Gasteiger partial charge in [0.2, 0.25) is 11.8 Å². The highest BCUT2D eigenvalue weighted by molar-refractivity contribution is 8.00. The number of aliphatic carboxylic acids is 1. The number of phenolic OH excluding ortho intramolecular Hbond substituents is 1. The van der Waals surface area contributed by atoms with Crippen LogP contribution >= 0.6 is 23.1 Å². The van der Waals surface area contributed by atoms with Gasteiger partial charge in [-0.05, 0) is 43.1 Å². The molecule has 0 radical (unpaired) electrons. The molecule has 3 heterocycles. The molecule has 2 aromatic rings. The number of nitrogens with one attached hydrogen (secondary N) is 1. The average molecular weight is 515 g/mol. The number of fused-ring (bicyclic) bond motifs is 9. The number of para-hydroxylation sites is 1. The quantitative estimate of drug-likeness (QED) is 0.382. The maximum absolute atomic E-state index is 13.5. The Morgan fingerprint density at radius 2 is 1.80 bits per heavy atom. The van der Waals surface area contributed by atoms with Gasteiger partial charge in [-0.25, -0.2) is 0 Å². The minimum Gasteiger partial charge on any atom is -0.508 e. The van der Waals surface area contributed by atoms with Gasteiger partial charge >= 0.3 is 10.8 Å². The van der Waals surface area contributed by atoms with Crippen molar-refractivity contribution in [3.8, 4) is 5.75 Å². The molecule has 184 valence electrons. The van der Waals surface area contributed by atoms with Gasteiger partial charge in [0.15, 0.2) is 0 Å². The largest absolute Gasteiger partial charge is 0.508 e. The van der Waals surface area contributed by atoms with Crippen molar-refractivity contribution in [3.05, 3.63) is 44.4 Å². The van der Waals surface area contributed by atoms with Crippen LogP contribution in [-0.4, -0.2) is 49.7 Å². The lowest BCUT2D eigenvalue weighted by molar-refractivity contribution is -0.141. The van der Waals surface area contributed by atoms with E-state index in [1.807, 2.05) is 12.1 Å². The zero-order valence-electron chi connectivity index (χ0n) is 18.9. The van der Waals surface area contributed by atoms with Gasteiger partial charge in [0.05, 0.1) is 16.9 Å². The number of amides is 2. The summed E-state index contributed by atoms with van der Waals surface area (Å²) in [5.74, 6) is -1.56. The molecule has 2 aliphatic heterocycles. The van der Waals surface area contributed by atoms with Gasteiger partial charge < -0.3 is 15.2 Å². The summed E-state index contributed by atoms with van der Waals surface area (Å²) in [5, 5.41) is 20.5. The number of unbranched alkanes of at least 4 members (excludes halogenated alkanes) is 2. The van der Waals surface area contributed by atoms with Crippen LogP contribution in [0.3, 0.4) is 0 Å². The number of imide groups is 1. The van der Waals surface area contributed by atoms with E-state index >= 15 is 0 Å². The van der Waals surface area contributed by atoms with Crippen LogP contribution in [0, 0.1) is 29.6 Å². The van der Waals surface area contributed by atoms with Gasteiger partial charge in [-0.3, -0.25) is 24.1 Å². The second-order valence-corrected chi connectivity index (χ2v) is 12.3. The summed E-state index contributed by atoms with van der Waals surface area (Å²) in [6.45, 7) is 0.343. The number of carbonyl (C=O) groups excluding carboxylic acids is 2. The molecule has 2 aliphatic carbocycles. The number of phenols is 1. The molecule has 6 rings (SSSR count). The van der Waals surface area contributed by atoms with E-state index in [4.69, 9.17) is 5.11 Å². The number of H-pyrrole nitrogens is 1. The van der Waals surface area contributed by atoms with Gasteiger partial charge in [0.1, 0.15) is 5.75 Å². The first kappa shape index (κ1) is 22.8. The van der Waals surface area contributed by atoms with Gasteiger partial charge in [-0.2, -0.15) is 0 Å². The highest BCUT2D eigenvalue weighted by atomic mass is 32.2. The predicted octanol–water partition coefficient (Wildman–Crippen LogP) is 3.26. The van der Waals surface area contributed by atoms with E-state index < -0.39 is 5.97 Å². The fourth-order valence-corrected chi connectivity index (χ4v) is 10.0. The average Bonchev–Trinajstić information content (AvgIpc) is 3.54. The fourth-order valence-electron chi connectivity index (χ4n) is 7.12. The second-order valence-electron chi connectivity index (χ2n) is 10.1. The molecule has 7 atom stereocenters. The Kier molecular flexibility index (Phi) is 5.56. The van der Waals surface area contributed by atoms with E-state index in [-0.39, 0.29) is 69.6 Å². The van der Waals surface area contributed by atoms with Crippen LogP contribution < -0.4 is 4.87 Å². The lowest BCUT2D eigenvalue weighted by atomic mass is 9.68.